The van der Waals surface area contributed by atoms with Gasteiger partial charge in [-0.05, 0) is 61.7 Å². The second kappa shape index (κ2) is 7.68. The van der Waals surface area contributed by atoms with Crippen LogP contribution in [0, 0.1) is 20.8 Å². The molecule has 1 fully saturated rings. The molecule has 0 radical (unpaired) electrons. The first-order valence-corrected chi connectivity index (χ1v) is 9.00. The van der Waals surface area contributed by atoms with Gasteiger partial charge in [-0.2, -0.15) is 0 Å². The molecular formula is C21H27N3O2. The Labute approximate surface area is 155 Å². The third-order valence-corrected chi connectivity index (χ3v) is 4.71. The number of methoxy groups -OCH3 is 1. The molecule has 138 valence electrons. The normalized spacial score (nSPS) is 14.3. The second-order valence-electron chi connectivity index (χ2n) is 6.96. The molecule has 1 N–H and O–H groups in total. The lowest BCUT2D eigenvalue weighted by molar-refractivity contribution is 0.208. The number of ether oxygens (including phenoxy) is 1. The maximum Gasteiger partial charge on any atom is 0.321 e. The van der Waals surface area contributed by atoms with Crippen LogP contribution in [0.25, 0.3) is 0 Å². The molecule has 1 heterocycles. The Morgan fingerprint density at radius 1 is 0.923 bits per heavy atom. The average molecular weight is 353 g/mol. The number of aryl methyl sites for hydroxylation is 3. The second-order valence-corrected chi connectivity index (χ2v) is 6.96. The summed E-state index contributed by atoms with van der Waals surface area (Å²) >= 11 is 0. The van der Waals surface area contributed by atoms with Crippen LogP contribution >= 0.6 is 0 Å². The summed E-state index contributed by atoms with van der Waals surface area (Å²) in [4.78, 5) is 16.7. The maximum absolute atomic E-state index is 12.6. The molecule has 0 aromatic heterocycles. The Balaban J connectivity index is 1.63. The summed E-state index contributed by atoms with van der Waals surface area (Å²) in [6.45, 7) is 9.12. The monoisotopic (exact) mass is 353 g/mol. The van der Waals surface area contributed by atoms with Crippen LogP contribution < -0.4 is 15.0 Å². The topological polar surface area (TPSA) is 44.8 Å². The van der Waals surface area contributed by atoms with Gasteiger partial charge < -0.3 is 19.9 Å². The Bertz CT molecular complexity index is 776. The van der Waals surface area contributed by atoms with Crippen LogP contribution in [0.4, 0.5) is 16.2 Å². The fraction of sp³-hybridized carbons (Fsp3) is 0.381. The molecule has 0 spiro atoms. The third-order valence-electron chi connectivity index (χ3n) is 4.71. The Morgan fingerprint density at radius 3 is 2.19 bits per heavy atom. The quantitative estimate of drug-likeness (QED) is 0.908. The number of amides is 2. The molecule has 0 aliphatic carbocycles. The van der Waals surface area contributed by atoms with E-state index in [4.69, 9.17) is 4.74 Å². The fourth-order valence-corrected chi connectivity index (χ4v) is 3.45. The van der Waals surface area contributed by atoms with Gasteiger partial charge in [-0.1, -0.05) is 12.1 Å². The van der Waals surface area contributed by atoms with Crippen LogP contribution in [0.15, 0.2) is 36.4 Å². The molecule has 2 aromatic rings. The van der Waals surface area contributed by atoms with Gasteiger partial charge in [-0.15, -0.1) is 0 Å². The lowest BCUT2D eigenvalue weighted by Gasteiger charge is -2.36. The average Bonchev–Trinajstić information content (AvgIpc) is 2.61. The van der Waals surface area contributed by atoms with Crippen molar-refractivity contribution >= 4 is 17.4 Å². The van der Waals surface area contributed by atoms with Crippen LogP contribution in [-0.4, -0.2) is 44.2 Å². The van der Waals surface area contributed by atoms with Crippen LogP contribution in [0.5, 0.6) is 5.75 Å². The van der Waals surface area contributed by atoms with Gasteiger partial charge in [0.25, 0.3) is 0 Å². The summed E-state index contributed by atoms with van der Waals surface area (Å²) in [5, 5.41) is 3.02. The van der Waals surface area contributed by atoms with Crippen molar-refractivity contribution in [2.24, 2.45) is 0 Å². The number of piperazine rings is 1. The zero-order chi connectivity index (χ0) is 18.7. The lowest BCUT2D eigenvalue weighted by Crippen LogP contribution is -2.50. The molecule has 0 atom stereocenters. The van der Waals surface area contributed by atoms with Gasteiger partial charge in [0.15, 0.2) is 0 Å². The fourth-order valence-electron chi connectivity index (χ4n) is 3.45. The van der Waals surface area contributed by atoms with Crippen molar-refractivity contribution in [3.8, 4) is 5.75 Å². The minimum absolute atomic E-state index is 0.0362. The zero-order valence-electron chi connectivity index (χ0n) is 16.0. The molecule has 0 unspecified atom stereocenters. The number of carbonyl (C=O) groups is 1. The van der Waals surface area contributed by atoms with Crippen LogP contribution in [0.2, 0.25) is 0 Å². The highest BCUT2D eigenvalue weighted by Crippen LogP contribution is 2.30. The van der Waals surface area contributed by atoms with Gasteiger partial charge in [0.2, 0.25) is 0 Å². The summed E-state index contributed by atoms with van der Waals surface area (Å²) in [6, 6.07) is 12.3. The molecule has 1 saturated heterocycles. The zero-order valence-corrected chi connectivity index (χ0v) is 16.0. The summed E-state index contributed by atoms with van der Waals surface area (Å²) in [5.41, 5.74) is 5.46. The van der Waals surface area contributed by atoms with E-state index in [2.05, 4.69) is 35.3 Å². The van der Waals surface area contributed by atoms with Gasteiger partial charge in [-0.3, -0.25) is 0 Å². The first kappa shape index (κ1) is 18.1. The van der Waals surface area contributed by atoms with E-state index in [9.17, 15) is 4.79 Å². The minimum Gasteiger partial charge on any atom is -0.495 e. The Hall–Kier alpha value is -2.69. The van der Waals surface area contributed by atoms with Gasteiger partial charge in [0, 0.05) is 31.9 Å². The number of carbonyl (C=O) groups excluding carboxylic acids is 1. The standard InChI is InChI=1S/C21H27N3O2/c1-15-5-6-20(26-4)19(14-15)23-7-9-24(10-8-23)21(25)22-18-12-16(2)11-17(3)13-18/h5-6,11-14H,7-10H2,1-4H3,(H,22,25). The maximum atomic E-state index is 12.6. The van der Waals surface area contributed by atoms with E-state index in [1.54, 1.807) is 7.11 Å². The van der Waals surface area contributed by atoms with E-state index >= 15 is 0 Å². The van der Waals surface area contributed by atoms with E-state index in [0.717, 1.165) is 41.3 Å². The summed E-state index contributed by atoms with van der Waals surface area (Å²) in [5.74, 6) is 0.878. The Kier molecular flexibility index (Phi) is 5.35. The SMILES string of the molecule is COc1ccc(C)cc1N1CCN(C(=O)Nc2cc(C)cc(C)c2)CC1. The lowest BCUT2D eigenvalue weighted by atomic mass is 10.1. The van der Waals surface area contributed by atoms with Crippen LogP contribution in [-0.2, 0) is 0 Å². The number of hydrogen-bond acceptors (Lipinski definition) is 3. The molecule has 1 aliphatic heterocycles. The van der Waals surface area contributed by atoms with Crippen molar-refractivity contribution in [3.05, 3.63) is 53.1 Å². The van der Waals surface area contributed by atoms with E-state index in [1.807, 2.05) is 36.9 Å². The summed E-state index contributed by atoms with van der Waals surface area (Å²) in [6.07, 6.45) is 0. The summed E-state index contributed by atoms with van der Waals surface area (Å²) in [7, 11) is 1.70. The van der Waals surface area contributed by atoms with E-state index in [1.165, 1.54) is 5.56 Å². The molecule has 5 heteroatoms. The molecule has 3 rings (SSSR count). The number of rotatable bonds is 3. The number of nitrogens with zero attached hydrogens (tertiary/aromatic N) is 2. The van der Waals surface area contributed by atoms with Crippen molar-refractivity contribution in [2.45, 2.75) is 20.8 Å². The highest BCUT2D eigenvalue weighted by Gasteiger charge is 2.23. The number of nitrogens with one attached hydrogen (secondary N) is 1. The van der Waals surface area contributed by atoms with Gasteiger partial charge in [0.1, 0.15) is 5.75 Å². The van der Waals surface area contributed by atoms with Gasteiger partial charge >= 0.3 is 6.03 Å². The third kappa shape index (κ3) is 4.10. The molecule has 0 bridgehead atoms. The number of hydrogen-bond donors (Lipinski definition) is 1. The first-order valence-electron chi connectivity index (χ1n) is 9.00. The predicted octanol–water partition coefficient (Wildman–Crippen LogP) is 3.97. The predicted molar refractivity (Wildman–Crippen MR) is 106 cm³/mol. The number of anilines is 2. The molecule has 0 saturated carbocycles. The highest BCUT2D eigenvalue weighted by molar-refractivity contribution is 5.89. The minimum atomic E-state index is -0.0362. The summed E-state index contributed by atoms with van der Waals surface area (Å²) < 4.78 is 5.49. The number of urea groups is 1. The van der Waals surface area contributed by atoms with Crippen molar-refractivity contribution in [2.75, 3.05) is 43.5 Å². The van der Waals surface area contributed by atoms with Crippen molar-refractivity contribution in [1.82, 2.24) is 4.90 Å². The molecular weight excluding hydrogens is 326 g/mol. The van der Waals surface area contributed by atoms with E-state index in [0.29, 0.717) is 13.1 Å². The van der Waals surface area contributed by atoms with Crippen molar-refractivity contribution in [1.29, 1.82) is 0 Å². The molecule has 5 nitrogen and oxygen atoms in total. The number of benzene rings is 2. The van der Waals surface area contributed by atoms with Crippen LogP contribution in [0.3, 0.4) is 0 Å². The van der Waals surface area contributed by atoms with Crippen molar-refractivity contribution in [3.63, 3.8) is 0 Å². The van der Waals surface area contributed by atoms with E-state index in [-0.39, 0.29) is 6.03 Å². The molecule has 2 aromatic carbocycles. The highest BCUT2D eigenvalue weighted by atomic mass is 16.5. The van der Waals surface area contributed by atoms with E-state index < -0.39 is 0 Å². The molecule has 1 aliphatic rings. The smallest absolute Gasteiger partial charge is 0.321 e. The molecule has 2 amide bonds. The molecule has 26 heavy (non-hydrogen) atoms. The largest absolute Gasteiger partial charge is 0.495 e. The van der Waals surface area contributed by atoms with Gasteiger partial charge in [0.05, 0.1) is 12.8 Å². The first-order chi connectivity index (χ1) is 12.5. The van der Waals surface area contributed by atoms with Gasteiger partial charge in [-0.25, -0.2) is 4.79 Å². The van der Waals surface area contributed by atoms with Crippen LogP contribution in [0.1, 0.15) is 16.7 Å². The Morgan fingerprint density at radius 2 is 1.58 bits per heavy atom. The van der Waals surface area contributed by atoms with Crippen molar-refractivity contribution < 1.29 is 9.53 Å².